The van der Waals surface area contributed by atoms with Crippen LogP contribution < -0.4 is 4.72 Å². The molecule has 2 aromatic carbocycles. The number of nitrogens with one attached hydrogen (secondary N) is 1. The summed E-state index contributed by atoms with van der Waals surface area (Å²) in [6, 6.07) is 6.97. The van der Waals surface area contributed by atoms with Crippen molar-refractivity contribution in [3.63, 3.8) is 0 Å². The van der Waals surface area contributed by atoms with E-state index in [1.165, 1.54) is 34.6 Å². The Morgan fingerprint density at radius 1 is 0.964 bits per heavy atom. The van der Waals surface area contributed by atoms with E-state index in [2.05, 4.69) is 4.72 Å². The minimum absolute atomic E-state index is 0.0122. The average molecular weight is 465 g/mol. The molecule has 0 bridgehead atoms. The van der Waals surface area contributed by atoms with Crippen molar-refractivity contribution in [3.05, 3.63) is 51.5 Å². The molecular weight excluding hydrogens is 443 g/mol. The van der Waals surface area contributed by atoms with E-state index in [4.69, 9.17) is 23.2 Å². The Hall–Kier alpha value is -1.32. The van der Waals surface area contributed by atoms with E-state index in [0.717, 1.165) is 0 Å². The molecule has 0 amide bonds. The maximum atomic E-state index is 12.9. The Balaban J connectivity index is 2.58. The number of sulfonamides is 2. The van der Waals surface area contributed by atoms with E-state index >= 15 is 0 Å². The minimum atomic E-state index is -4.07. The topological polar surface area (TPSA) is 83.6 Å². The van der Waals surface area contributed by atoms with Gasteiger partial charge in [-0.1, -0.05) is 37.0 Å². The van der Waals surface area contributed by atoms with Crippen LogP contribution in [-0.2, 0) is 20.0 Å². The Morgan fingerprint density at radius 3 is 2.14 bits per heavy atom. The van der Waals surface area contributed by atoms with E-state index in [1.807, 2.05) is 0 Å². The Labute approximate surface area is 176 Å². The summed E-state index contributed by atoms with van der Waals surface area (Å²) in [5.74, 6) is 0. The summed E-state index contributed by atoms with van der Waals surface area (Å²) in [5, 5.41) is 0.230. The van der Waals surface area contributed by atoms with Gasteiger partial charge in [0, 0.05) is 18.1 Å². The Bertz CT molecular complexity index is 1100. The zero-order valence-corrected chi connectivity index (χ0v) is 19.1. The number of rotatable bonds is 7. The van der Waals surface area contributed by atoms with Crippen LogP contribution in [0.3, 0.4) is 0 Å². The summed E-state index contributed by atoms with van der Waals surface area (Å²) in [7, 11) is -7.82. The second-order valence-corrected chi connectivity index (χ2v) is 10.6. The van der Waals surface area contributed by atoms with Crippen LogP contribution in [0.4, 0.5) is 5.69 Å². The lowest BCUT2D eigenvalue weighted by Gasteiger charge is -2.21. The largest absolute Gasteiger partial charge is 0.279 e. The summed E-state index contributed by atoms with van der Waals surface area (Å²) in [6.07, 6.45) is 0. The third-order valence-corrected chi connectivity index (χ3v) is 8.52. The van der Waals surface area contributed by atoms with Gasteiger partial charge in [0.15, 0.2) is 0 Å². The van der Waals surface area contributed by atoms with Crippen LogP contribution in [0.1, 0.15) is 25.0 Å². The van der Waals surface area contributed by atoms with Gasteiger partial charge in [0.1, 0.15) is 4.90 Å². The van der Waals surface area contributed by atoms with Gasteiger partial charge in [-0.15, -0.1) is 0 Å². The Morgan fingerprint density at radius 2 is 1.57 bits per heavy atom. The van der Waals surface area contributed by atoms with E-state index < -0.39 is 20.0 Å². The molecular formula is C18H22Cl2N2O4S2. The number of benzene rings is 2. The molecule has 2 aromatic rings. The number of anilines is 1. The lowest BCUT2D eigenvalue weighted by molar-refractivity contribution is 0.445. The second kappa shape index (κ2) is 8.59. The molecule has 28 heavy (non-hydrogen) atoms. The fourth-order valence-electron chi connectivity index (χ4n) is 2.68. The normalized spacial score (nSPS) is 12.4. The highest BCUT2D eigenvalue weighted by atomic mass is 35.5. The van der Waals surface area contributed by atoms with E-state index in [-0.39, 0.29) is 25.5 Å². The maximum absolute atomic E-state index is 12.9. The summed E-state index contributed by atoms with van der Waals surface area (Å²) in [5.41, 5.74) is 1.42. The molecule has 0 spiro atoms. The van der Waals surface area contributed by atoms with E-state index in [1.54, 1.807) is 27.7 Å². The predicted molar refractivity (Wildman–Crippen MR) is 113 cm³/mol. The van der Waals surface area contributed by atoms with Crippen LogP contribution in [-0.4, -0.2) is 34.2 Å². The van der Waals surface area contributed by atoms with Crippen LogP contribution in [0.25, 0.3) is 0 Å². The van der Waals surface area contributed by atoms with Crippen LogP contribution in [0.2, 0.25) is 10.0 Å². The van der Waals surface area contributed by atoms with E-state index in [9.17, 15) is 16.8 Å². The number of halogens is 2. The molecule has 0 aliphatic rings. The molecule has 0 saturated carbocycles. The molecule has 0 fully saturated rings. The van der Waals surface area contributed by atoms with Crippen molar-refractivity contribution >= 4 is 48.9 Å². The zero-order valence-electron chi connectivity index (χ0n) is 16.0. The van der Waals surface area contributed by atoms with Gasteiger partial charge in [0.25, 0.3) is 10.0 Å². The van der Waals surface area contributed by atoms with Gasteiger partial charge >= 0.3 is 0 Å². The molecule has 2 rings (SSSR count). The fraction of sp³-hybridized carbons (Fsp3) is 0.333. The van der Waals surface area contributed by atoms with Crippen LogP contribution >= 0.6 is 23.2 Å². The molecule has 10 heteroatoms. The molecule has 6 nitrogen and oxygen atoms in total. The van der Waals surface area contributed by atoms with Crippen LogP contribution in [0.5, 0.6) is 0 Å². The van der Waals surface area contributed by atoms with Gasteiger partial charge in [-0.05, 0) is 55.3 Å². The van der Waals surface area contributed by atoms with Gasteiger partial charge in [-0.3, -0.25) is 4.72 Å². The second-order valence-electron chi connectivity index (χ2n) is 6.18. The van der Waals surface area contributed by atoms with Crippen LogP contribution in [0.15, 0.2) is 40.1 Å². The van der Waals surface area contributed by atoms with Crippen molar-refractivity contribution in [1.82, 2.24) is 4.31 Å². The van der Waals surface area contributed by atoms with Crippen molar-refractivity contribution in [2.24, 2.45) is 0 Å². The molecule has 0 unspecified atom stereocenters. The quantitative estimate of drug-likeness (QED) is 0.655. The summed E-state index contributed by atoms with van der Waals surface area (Å²) < 4.78 is 55.1. The van der Waals surface area contributed by atoms with Crippen molar-refractivity contribution in [2.75, 3.05) is 17.8 Å². The highest BCUT2D eigenvalue weighted by Crippen LogP contribution is 2.31. The van der Waals surface area contributed by atoms with Gasteiger partial charge < -0.3 is 0 Å². The SMILES string of the molecule is CCN(CC)S(=O)(=O)c1cc(C)c(C)c(NS(=O)(=O)c2cc(Cl)ccc2Cl)c1. The third-order valence-electron chi connectivity index (χ3n) is 4.41. The van der Waals surface area contributed by atoms with E-state index in [0.29, 0.717) is 24.2 Å². The van der Waals surface area contributed by atoms with Crippen molar-refractivity contribution in [3.8, 4) is 0 Å². The van der Waals surface area contributed by atoms with Crippen LogP contribution in [0, 0.1) is 13.8 Å². The standard InChI is InChI=1S/C18H22Cl2N2O4S2/c1-5-22(6-2)28(25,26)15-9-12(3)13(4)17(11-15)21-27(23,24)18-10-14(19)7-8-16(18)20/h7-11,21H,5-6H2,1-4H3. The lowest BCUT2D eigenvalue weighted by Crippen LogP contribution is -2.30. The molecule has 0 heterocycles. The number of nitrogens with zero attached hydrogens (tertiary/aromatic N) is 1. The van der Waals surface area contributed by atoms with Crippen molar-refractivity contribution in [2.45, 2.75) is 37.5 Å². The smallest absolute Gasteiger partial charge is 0.263 e. The number of aryl methyl sites for hydroxylation is 1. The monoisotopic (exact) mass is 464 g/mol. The highest BCUT2D eigenvalue weighted by molar-refractivity contribution is 7.93. The molecule has 0 radical (unpaired) electrons. The molecule has 154 valence electrons. The van der Waals surface area contributed by atoms with Gasteiger partial charge in [0.2, 0.25) is 10.0 Å². The highest BCUT2D eigenvalue weighted by Gasteiger charge is 2.25. The first-order valence-electron chi connectivity index (χ1n) is 8.53. The molecule has 0 aliphatic carbocycles. The lowest BCUT2D eigenvalue weighted by atomic mass is 10.1. The maximum Gasteiger partial charge on any atom is 0.263 e. The first-order chi connectivity index (χ1) is 12.9. The molecule has 0 saturated heterocycles. The van der Waals surface area contributed by atoms with Crippen molar-refractivity contribution < 1.29 is 16.8 Å². The number of hydrogen-bond acceptors (Lipinski definition) is 4. The van der Waals surface area contributed by atoms with Gasteiger partial charge in [0.05, 0.1) is 15.6 Å². The molecule has 1 N–H and O–H groups in total. The molecule has 0 aliphatic heterocycles. The third kappa shape index (κ3) is 4.63. The van der Waals surface area contributed by atoms with Gasteiger partial charge in [-0.2, -0.15) is 4.31 Å². The Kier molecular flexibility index (Phi) is 7.04. The number of hydrogen-bond donors (Lipinski definition) is 1. The van der Waals surface area contributed by atoms with Gasteiger partial charge in [-0.25, -0.2) is 16.8 Å². The first-order valence-corrected chi connectivity index (χ1v) is 12.2. The minimum Gasteiger partial charge on any atom is -0.279 e. The van der Waals surface area contributed by atoms with Crippen molar-refractivity contribution in [1.29, 1.82) is 0 Å². The molecule has 0 aromatic heterocycles. The molecule has 0 atom stereocenters. The predicted octanol–water partition coefficient (Wildman–Crippen LogP) is 4.44. The zero-order chi connectivity index (χ0) is 21.3. The summed E-state index contributed by atoms with van der Waals surface area (Å²) >= 11 is 11.9. The first kappa shape index (κ1) is 23.0. The summed E-state index contributed by atoms with van der Waals surface area (Å²) in [4.78, 5) is -0.162. The summed E-state index contributed by atoms with van der Waals surface area (Å²) in [6.45, 7) is 7.54. The average Bonchev–Trinajstić information content (AvgIpc) is 2.61. The fourth-order valence-corrected chi connectivity index (χ4v) is 6.12.